The second-order valence-electron chi connectivity index (χ2n) is 7.36. The average molecular weight is 399 g/mol. The molecule has 0 radical (unpaired) electrons. The third-order valence-electron chi connectivity index (χ3n) is 5.64. The summed E-state index contributed by atoms with van der Waals surface area (Å²) in [6, 6.07) is 11.6. The van der Waals surface area contributed by atoms with E-state index in [1.165, 1.54) is 0 Å². The van der Waals surface area contributed by atoms with E-state index >= 15 is 0 Å². The Kier molecular flexibility index (Phi) is 4.06. The Morgan fingerprint density at radius 1 is 1.19 bits per heavy atom. The molecule has 1 atom stereocenters. The number of likely N-dealkylation sites (tertiary alicyclic amines) is 1. The summed E-state index contributed by atoms with van der Waals surface area (Å²) in [6.07, 6.45) is 3.58. The molecule has 5 rings (SSSR count). The zero-order chi connectivity index (χ0) is 18.4. The highest BCUT2D eigenvalue weighted by Crippen LogP contribution is 2.44. The number of halogens is 1. The van der Waals surface area contributed by atoms with Gasteiger partial charge in [0.15, 0.2) is 5.13 Å². The Labute approximate surface area is 166 Å². The molecule has 0 N–H and O–H groups in total. The van der Waals surface area contributed by atoms with Crippen LogP contribution in [0.1, 0.15) is 18.5 Å². The summed E-state index contributed by atoms with van der Waals surface area (Å²) in [5.41, 5.74) is 1.64. The first-order valence-corrected chi connectivity index (χ1v) is 10.3. The van der Waals surface area contributed by atoms with E-state index in [1.807, 2.05) is 41.3 Å². The monoisotopic (exact) mass is 398 g/mol. The average Bonchev–Trinajstić information content (AvgIpc) is 3.36. The van der Waals surface area contributed by atoms with Crippen LogP contribution in [0.3, 0.4) is 0 Å². The van der Waals surface area contributed by atoms with E-state index in [4.69, 9.17) is 16.6 Å². The van der Waals surface area contributed by atoms with Crippen LogP contribution in [0.15, 0.2) is 42.6 Å². The number of hydrogen-bond donors (Lipinski definition) is 0. The molecule has 5 nitrogen and oxygen atoms in total. The number of pyridine rings is 1. The van der Waals surface area contributed by atoms with Crippen LogP contribution in [0.25, 0.3) is 10.2 Å². The van der Waals surface area contributed by atoms with Gasteiger partial charge in [0.1, 0.15) is 0 Å². The Morgan fingerprint density at radius 2 is 2.07 bits per heavy atom. The quantitative estimate of drug-likeness (QED) is 0.669. The fraction of sp³-hybridized carbons (Fsp3) is 0.350. The molecule has 7 heteroatoms. The molecule has 27 heavy (non-hydrogen) atoms. The van der Waals surface area contributed by atoms with Gasteiger partial charge in [-0.3, -0.25) is 9.78 Å². The molecule has 0 bridgehead atoms. The van der Waals surface area contributed by atoms with Gasteiger partial charge in [0.2, 0.25) is 5.91 Å². The normalized spacial score (nSPS) is 22.5. The fourth-order valence-corrected chi connectivity index (χ4v) is 5.43. The van der Waals surface area contributed by atoms with Crippen molar-refractivity contribution in [3.8, 4) is 0 Å². The minimum Gasteiger partial charge on any atom is -0.347 e. The van der Waals surface area contributed by atoms with Gasteiger partial charge in [0.25, 0.3) is 0 Å². The van der Waals surface area contributed by atoms with E-state index < -0.39 is 0 Å². The number of hydrogen-bond acceptors (Lipinski definition) is 5. The second kappa shape index (κ2) is 6.46. The smallest absolute Gasteiger partial charge is 0.231 e. The van der Waals surface area contributed by atoms with Gasteiger partial charge in [0.05, 0.1) is 27.9 Å². The third kappa shape index (κ3) is 2.97. The zero-order valence-electron chi connectivity index (χ0n) is 14.8. The number of carbonyl (C=O) groups excluding carboxylic acids is 1. The number of fused-ring (bicyclic) bond motifs is 1. The van der Waals surface area contributed by atoms with E-state index in [0.717, 1.165) is 58.5 Å². The van der Waals surface area contributed by atoms with Crippen molar-refractivity contribution in [2.24, 2.45) is 5.41 Å². The Bertz CT molecular complexity index is 1010. The Hall–Kier alpha value is -2.18. The van der Waals surface area contributed by atoms with E-state index in [2.05, 4.69) is 9.88 Å². The van der Waals surface area contributed by atoms with Crippen molar-refractivity contribution in [2.45, 2.75) is 19.4 Å². The predicted octanol–water partition coefficient (Wildman–Crippen LogP) is 3.97. The minimum atomic E-state index is -0.274. The van der Waals surface area contributed by atoms with Crippen LogP contribution >= 0.6 is 22.9 Å². The molecule has 1 aromatic carbocycles. The molecular weight excluding hydrogens is 380 g/mol. The molecule has 3 aromatic rings. The Morgan fingerprint density at radius 3 is 2.93 bits per heavy atom. The van der Waals surface area contributed by atoms with Crippen molar-refractivity contribution in [3.63, 3.8) is 0 Å². The summed E-state index contributed by atoms with van der Waals surface area (Å²) in [7, 11) is 0. The number of amides is 1. The van der Waals surface area contributed by atoms with Gasteiger partial charge < -0.3 is 9.80 Å². The SMILES string of the molecule is O=C1N(Cc2ccccn2)CCC12CCN(c1nc3ccc(Cl)cc3s1)C2. The highest BCUT2D eigenvalue weighted by Gasteiger charge is 2.51. The number of carbonyl (C=O) groups is 1. The first-order chi connectivity index (χ1) is 13.1. The molecular formula is C20H19ClN4OS. The van der Waals surface area contributed by atoms with Crippen molar-refractivity contribution in [3.05, 3.63) is 53.3 Å². The number of benzene rings is 1. The molecule has 0 saturated carbocycles. The van der Waals surface area contributed by atoms with Crippen LogP contribution in [-0.2, 0) is 11.3 Å². The summed E-state index contributed by atoms with van der Waals surface area (Å²) in [5.74, 6) is 0.264. The molecule has 0 aliphatic carbocycles. The van der Waals surface area contributed by atoms with Gasteiger partial charge in [-0.25, -0.2) is 4.98 Å². The van der Waals surface area contributed by atoms with Gasteiger partial charge in [-0.05, 0) is 43.2 Å². The largest absolute Gasteiger partial charge is 0.347 e. The van der Waals surface area contributed by atoms with Crippen LogP contribution in [-0.4, -0.2) is 40.4 Å². The van der Waals surface area contributed by atoms with Gasteiger partial charge in [-0.2, -0.15) is 0 Å². The third-order valence-corrected chi connectivity index (χ3v) is 6.96. The summed E-state index contributed by atoms with van der Waals surface area (Å²) < 4.78 is 1.09. The van der Waals surface area contributed by atoms with Crippen molar-refractivity contribution in [1.82, 2.24) is 14.9 Å². The van der Waals surface area contributed by atoms with Crippen molar-refractivity contribution in [2.75, 3.05) is 24.5 Å². The number of rotatable bonds is 3. The minimum absolute atomic E-state index is 0.264. The van der Waals surface area contributed by atoms with E-state index in [-0.39, 0.29) is 11.3 Å². The highest BCUT2D eigenvalue weighted by atomic mass is 35.5. The number of thiazole rings is 1. The molecule has 138 valence electrons. The predicted molar refractivity (Wildman–Crippen MR) is 108 cm³/mol. The fourth-order valence-electron chi connectivity index (χ4n) is 4.17. The van der Waals surface area contributed by atoms with Crippen LogP contribution in [0, 0.1) is 5.41 Å². The van der Waals surface area contributed by atoms with Gasteiger partial charge >= 0.3 is 0 Å². The van der Waals surface area contributed by atoms with E-state index in [1.54, 1.807) is 17.5 Å². The maximum Gasteiger partial charge on any atom is 0.231 e. The van der Waals surface area contributed by atoms with Crippen LogP contribution in [0.2, 0.25) is 5.02 Å². The lowest BCUT2D eigenvalue weighted by molar-refractivity contribution is -0.135. The topological polar surface area (TPSA) is 49.3 Å². The second-order valence-corrected chi connectivity index (χ2v) is 8.80. The first kappa shape index (κ1) is 17.0. The zero-order valence-corrected chi connectivity index (χ0v) is 16.3. The first-order valence-electron chi connectivity index (χ1n) is 9.13. The summed E-state index contributed by atoms with van der Waals surface area (Å²) in [5, 5.41) is 1.71. The van der Waals surface area contributed by atoms with Crippen LogP contribution in [0.5, 0.6) is 0 Å². The summed E-state index contributed by atoms with van der Waals surface area (Å²) >= 11 is 7.75. The van der Waals surface area contributed by atoms with E-state index in [0.29, 0.717) is 6.54 Å². The van der Waals surface area contributed by atoms with Crippen molar-refractivity contribution >= 4 is 44.2 Å². The maximum absolute atomic E-state index is 13.2. The van der Waals surface area contributed by atoms with Crippen LogP contribution in [0.4, 0.5) is 5.13 Å². The van der Waals surface area contributed by atoms with Crippen molar-refractivity contribution in [1.29, 1.82) is 0 Å². The molecule has 1 spiro atoms. The highest BCUT2D eigenvalue weighted by molar-refractivity contribution is 7.22. The lowest BCUT2D eigenvalue weighted by Crippen LogP contribution is -2.36. The molecule has 1 amide bonds. The standard InChI is InChI=1S/C20H19ClN4OS/c21-14-4-5-16-17(11-14)27-19(23-16)25-10-7-20(13-25)6-9-24(18(20)26)12-15-3-1-2-8-22-15/h1-5,8,11H,6-7,9-10,12-13H2. The lowest BCUT2D eigenvalue weighted by atomic mass is 9.85. The van der Waals surface area contributed by atoms with E-state index in [9.17, 15) is 4.79 Å². The van der Waals surface area contributed by atoms with Gasteiger partial charge in [-0.1, -0.05) is 29.0 Å². The lowest BCUT2D eigenvalue weighted by Gasteiger charge is -2.23. The molecule has 2 aliphatic heterocycles. The summed E-state index contributed by atoms with van der Waals surface area (Å²) in [4.78, 5) is 26.5. The molecule has 4 heterocycles. The molecule has 2 aromatic heterocycles. The summed E-state index contributed by atoms with van der Waals surface area (Å²) in [6.45, 7) is 3.02. The molecule has 2 aliphatic rings. The van der Waals surface area contributed by atoms with Gasteiger partial charge in [0, 0.05) is 30.9 Å². The van der Waals surface area contributed by atoms with Crippen molar-refractivity contribution < 1.29 is 4.79 Å². The van der Waals surface area contributed by atoms with Gasteiger partial charge in [-0.15, -0.1) is 0 Å². The molecule has 1 unspecified atom stereocenters. The molecule has 2 saturated heterocycles. The van der Waals surface area contributed by atoms with Crippen LogP contribution < -0.4 is 4.90 Å². The molecule has 2 fully saturated rings. The number of aromatic nitrogens is 2. The maximum atomic E-state index is 13.2. The Balaban J connectivity index is 1.34. The number of anilines is 1. The number of nitrogens with zero attached hydrogens (tertiary/aromatic N) is 4.